The molecule has 7 heteroatoms. The van der Waals surface area contributed by atoms with Gasteiger partial charge in [0.05, 0.1) is 17.1 Å². The molecule has 0 unspecified atom stereocenters. The molecule has 0 spiro atoms. The molecule has 0 bridgehead atoms. The minimum absolute atomic E-state index is 0.0623. The summed E-state index contributed by atoms with van der Waals surface area (Å²) in [6.45, 7) is 3.47. The molecule has 19 heavy (non-hydrogen) atoms. The third kappa shape index (κ3) is 1.77. The number of nitrogens with one attached hydrogen (secondary N) is 3. The van der Waals surface area contributed by atoms with E-state index >= 15 is 0 Å². The number of H-pyrrole nitrogens is 1. The van der Waals surface area contributed by atoms with Gasteiger partial charge in [-0.3, -0.25) is 0 Å². The Bertz CT molecular complexity index is 659. The van der Waals surface area contributed by atoms with Gasteiger partial charge in [-0.15, -0.1) is 11.3 Å². The van der Waals surface area contributed by atoms with E-state index in [0.717, 1.165) is 61.2 Å². The van der Waals surface area contributed by atoms with Crippen LogP contribution in [-0.4, -0.2) is 27.6 Å². The zero-order chi connectivity index (χ0) is 12.8. The van der Waals surface area contributed by atoms with Gasteiger partial charge in [0.2, 0.25) is 0 Å². The number of imidazole rings is 1. The summed E-state index contributed by atoms with van der Waals surface area (Å²) >= 11 is 1.65. The molecule has 0 saturated heterocycles. The first-order valence-corrected chi connectivity index (χ1v) is 7.38. The minimum atomic E-state index is -0.0623. The summed E-state index contributed by atoms with van der Waals surface area (Å²) in [6.07, 6.45) is 1.88. The average molecular weight is 277 g/mol. The van der Waals surface area contributed by atoms with Crippen LogP contribution in [0, 0.1) is 0 Å². The van der Waals surface area contributed by atoms with E-state index in [0.29, 0.717) is 0 Å². The summed E-state index contributed by atoms with van der Waals surface area (Å²) in [6, 6.07) is 0. The number of aromatic nitrogens is 3. The van der Waals surface area contributed by atoms with Gasteiger partial charge in [-0.25, -0.2) is 14.3 Å². The normalized spacial score (nSPS) is 18.1. The maximum atomic E-state index is 12.2. The smallest absolute Gasteiger partial charge is 0.311 e. The zero-order valence-corrected chi connectivity index (χ0v) is 11.3. The lowest BCUT2D eigenvalue weighted by molar-refractivity contribution is 0.618. The highest BCUT2D eigenvalue weighted by Crippen LogP contribution is 2.25. The molecule has 4 heterocycles. The molecule has 2 aromatic heterocycles. The molecule has 0 radical (unpaired) electrons. The lowest BCUT2D eigenvalue weighted by atomic mass is 10.2. The zero-order valence-electron chi connectivity index (χ0n) is 10.5. The number of fused-ring (bicyclic) bond motifs is 2. The van der Waals surface area contributed by atoms with Gasteiger partial charge in [-0.05, 0) is 6.42 Å². The number of rotatable bonds is 1. The van der Waals surface area contributed by atoms with Gasteiger partial charge < -0.3 is 15.6 Å². The van der Waals surface area contributed by atoms with Crippen LogP contribution in [-0.2, 0) is 25.9 Å². The van der Waals surface area contributed by atoms with Gasteiger partial charge in [-0.1, -0.05) is 0 Å². The Morgan fingerprint density at radius 2 is 2.00 bits per heavy atom. The van der Waals surface area contributed by atoms with Crippen LogP contribution in [0.25, 0.3) is 5.13 Å². The van der Waals surface area contributed by atoms with Gasteiger partial charge in [-0.2, -0.15) is 0 Å². The Hall–Kier alpha value is -1.44. The summed E-state index contributed by atoms with van der Waals surface area (Å²) in [7, 11) is 0. The molecule has 2 aliphatic heterocycles. The summed E-state index contributed by atoms with van der Waals surface area (Å²) in [5, 5.41) is 7.40. The highest BCUT2D eigenvalue weighted by Gasteiger charge is 2.22. The monoisotopic (exact) mass is 277 g/mol. The maximum Gasteiger partial charge on any atom is 0.332 e. The first kappa shape index (κ1) is 11.4. The van der Waals surface area contributed by atoms with E-state index in [1.165, 1.54) is 4.88 Å². The fraction of sp³-hybridized carbons (Fsp3) is 0.500. The Balaban J connectivity index is 1.86. The molecule has 0 amide bonds. The van der Waals surface area contributed by atoms with Gasteiger partial charge in [0.25, 0.3) is 0 Å². The van der Waals surface area contributed by atoms with E-state index in [9.17, 15) is 4.79 Å². The predicted molar refractivity (Wildman–Crippen MR) is 72.9 cm³/mol. The first-order valence-electron chi connectivity index (χ1n) is 6.56. The minimum Gasteiger partial charge on any atom is -0.311 e. The molecule has 2 aromatic rings. The molecule has 100 valence electrons. The van der Waals surface area contributed by atoms with Gasteiger partial charge in [0, 0.05) is 37.5 Å². The highest BCUT2D eigenvalue weighted by molar-refractivity contribution is 7.14. The van der Waals surface area contributed by atoms with Crippen LogP contribution in [0.3, 0.4) is 0 Å². The molecule has 0 fully saturated rings. The third-order valence-electron chi connectivity index (χ3n) is 3.70. The van der Waals surface area contributed by atoms with Crippen LogP contribution >= 0.6 is 11.3 Å². The fourth-order valence-electron chi connectivity index (χ4n) is 2.75. The average Bonchev–Trinajstić information content (AvgIpc) is 2.97. The molecule has 0 aliphatic carbocycles. The molecule has 0 aromatic carbocycles. The second kappa shape index (κ2) is 4.29. The fourth-order valence-corrected chi connectivity index (χ4v) is 3.85. The van der Waals surface area contributed by atoms with Crippen LogP contribution in [0.15, 0.2) is 4.79 Å². The summed E-state index contributed by atoms with van der Waals surface area (Å²) < 4.78 is 1.76. The summed E-state index contributed by atoms with van der Waals surface area (Å²) in [5.74, 6) is 0. The van der Waals surface area contributed by atoms with E-state index < -0.39 is 0 Å². The van der Waals surface area contributed by atoms with Crippen LogP contribution in [0.1, 0.15) is 22.0 Å². The van der Waals surface area contributed by atoms with E-state index in [1.807, 2.05) is 0 Å². The van der Waals surface area contributed by atoms with Crippen LogP contribution < -0.4 is 16.3 Å². The van der Waals surface area contributed by atoms with Crippen molar-refractivity contribution < 1.29 is 0 Å². The number of nitrogens with zero attached hydrogens (tertiary/aromatic N) is 2. The van der Waals surface area contributed by atoms with E-state index in [1.54, 1.807) is 15.9 Å². The molecule has 4 rings (SSSR count). The van der Waals surface area contributed by atoms with Crippen molar-refractivity contribution in [3.8, 4) is 5.13 Å². The number of thiazole rings is 1. The molecule has 2 aliphatic rings. The second-order valence-electron chi connectivity index (χ2n) is 4.91. The molecule has 3 N–H and O–H groups in total. The highest BCUT2D eigenvalue weighted by atomic mass is 32.1. The van der Waals surface area contributed by atoms with Crippen LogP contribution in [0.5, 0.6) is 0 Å². The Kier molecular flexibility index (Phi) is 2.57. The Morgan fingerprint density at radius 3 is 2.89 bits per heavy atom. The maximum absolute atomic E-state index is 12.2. The van der Waals surface area contributed by atoms with E-state index in [-0.39, 0.29) is 5.69 Å². The number of hydrogen-bond acceptors (Lipinski definition) is 5. The van der Waals surface area contributed by atoms with E-state index in [2.05, 4.69) is 20.6 Å². The SMILES string of the molecule is O=c1[nH]c2c(n1-c1nc3c(s1)CCNC3)CCNC2. The van der Waals surface area contributed by atoms with Crippen molar-refractivity contribution in [1.29, 1.82) is 0 Å². The first-order chi connectivity index (χ1) is 9.33. The quantitative estimate of drug-likeness (QED) is 0.681. The molecular formula is C12H15N5OS. The summed E-state index contributed by atoms with van der Waals surface area (Å²) in [5.41, 5.74) is 3.13. The molecule has 6 nitrogen and oxygen atoms in total. The predicted octanol–water partition coefficient (Wildman–Crippen LogP) is -0.0865. The van der Waals surface area contributed by atoms with Crippen molar-refractivity contribution in [2.24, 2.45) is 0 Å². The van der Waals surface area contributed by atoms with Gasteiger partial charge in [0.1, 0.15) is 0 Å². The summed E-state index contributed by atoms with van der Waals surface area (Å²) in [4.78, 5) is 21.0. The third-order valence-corrected chi connectivity index (χ3v) is 4.84. The number of hydrogen-bond donors (Lipinski definition) is 3. The molecule has 0 saturated carbocycles. The van der Waals surface area contributed by atoms with Crippen molar-refractivity contribution in [2.75, 3.05) is 13.1 Å². The number of aromatic amines is 1. The van der Waals surface area contributed by atoms with Crippen molar-refractivity contribution >= 4 is 11.3 Å². The van der Waals surface area contributed by atoms with Gasteiger partial charge in [0.15, 0.2) is 5.13 Å². The Morgan fingerprint density at radius 1 is 1.16 bits per heavy atom. The van der Waals surface area contributed by atoms with Crippen molar-refractivity contribution in [3.63, 3.8) is 0 Å². The van der Waals surface area contributed by atoms with Crippen LogP contribution in [0.2, 0.25) is 0 Å². The lowest BCUT2D eigenvalue weighted by Gasteiger charge is -2.13. The van der Waals surface area contributed by atoms with Crippen molar-refractivity contribution in [3.05, 3.63) is 32.4 Å². The topological polar surface area (TPSA) is 74.7 Å². The standard InChI is InChI=1S/C12H15N5OS/c18-11-15-7-5-13-3-1-9(7)17(11)12-16-8-6-14-4-2-10(8)19-12/h13-14H,1-6H2,(H,15,18). The van der Waals surface area contributed by atoms with Crippen molar-refractivity contribution in [2.45, 2.75) is 25.9 Å². The largest absolute Gasteiger partial charge is 0.332 e. The van der Waals surface area contributed by atoms with E-state index in [4.69, 9.17) is 0 Å². The van der Waals surface area contributed by atoms with Gasteiger partial charge >= 0.3 is 5.69 Å². The molecule has 0 atom stereocenters. The van der Waals surface area contributed by atoms with Crippen LogP contribution in [0.4, 0.5) is 0 Å². The molecular weight excluding hydrogens is 262 g/mol. The lowest BCUT2D eigenvalue weighted by Crippen LogP contribution is -2.25. The second-order valence-corrected chi connectivity index (χ2v) is 5.97. The Labute approximate surface area is 113 Å². The van der Waals surface area contributed by atoms with Crippen molar-refractivity contribution in [1.82, 2.24) is 25.2 Å².